The Labute approximate surface area is 165 Å². The van der Waals surface area contributed by atoms with Gasteiger partial charge in [-0.3, -0.25) is 0 Å². The summed E-state index contributed by atoms with van der Waals surface area (Å²) in [6.07, 6.45) is 0. The molecule has 0 nitrogen and oxygen atoms in total. The first-order valence-electron chi connectivity index (χ1n) is 9.43. The number of aryl methyl sites for hydroxylation is 2. The quantitative estimate of drug-likeness (QED) is 0.458. The van der Waals surface area contributed by atoms with Crippen molar-refractivity contribution in [2.45, 2.75) is 13.8 Å². The molecule has 0 unspecified atom stereocenters. The lowest BCUT2D eigenvalue weighted by molar-refractivity contribution is 1.50. The monoisotopic (exact) mass is 366 g/mol. The molecule has 4 rings (SSSR count). The molecule has 4 aromatic carbocycles. The van der Waals surface area contributed by atoms with Gasteiger partial charge in [0.1, 0.15) is 0 Å². The van der Waals surface area contributed by atoms with Gasteiger partial charge < -0.3 is 0 Å². The van der Waals surface area contributed by atoms with Crippen LogP contribution in [0.1, 0.15) is 11.1 Å². The van der Waals surface area contributed by atoms with Gasteiger partial charge in [0.25, 0.3) is 0 Å². The lowest BCUT2D eigenvalue weighted by Crippen LogP contribution is -2.30. The average Bonchev–Trinajstić information content (AvgIpc) is 2.73. The Morgan fingerprint density at radius 1 is 0.407 bits per heavy atom. The van der Waals surface area contributed by atoms with Crippen molar-refractivity contribution in [3.63, 3.8) is 0 Å². The summed E-state index contributed by atoms with van der Waals surface area (Å²) in [6, 6.07) is 38.3. The first-order valence-corrected chi connectivity index (χ1v) is 10.8. The molecule has 0 heterocycles. The summed E-state index contributed by atoms with van der Waals surface area (Å²) < 4.78 is 0. The summed E-state index contributed by atoms with van der Waals surface area (Å²) in [6.45, 7) is 4.42. The Morgan fingerprint density at radius 2 is 0.741 bits per heavy atom. The van der Waals surface area contributed by atoms with E-state index in [0.717, 1.165) is 0 Å². The number of hydrogen-bond acceptors (Lipinski definition) is 0. The maximum absolute atomic E-state index is 2.27. The molecule has 0 aliphatic carbocycles. The molecule has 0 aliphatic heterocycles. The molecule has 0 saturated carbocycles. The van der Waals surface area contributed by atoms with Crippen LogP contribution in [0.2, 0.25) is 0 Å². The molecule has 0 atom stereocenters. The minimum absolute atomic E-state index is 0.292. The van der Waals surface area contributed by atoms with Gasteiger partial charge in [-0.15, -0.1) is 0 Å². The van der Waals surface area contributed by atoms with Crippen molar-refractivity contribution in [3.05, 3.63) is 120 Å². The highest BCUT2D eigenvalue weighted by Gasteiger charge is 2.02. The maximum Gasteiger partial charge on any atom is 0.0882 e. The van der Waals surface area contributed by atoms with E-state index in [-0.39, 0.29) is 9.52 Å². The molecule has 0 spiro atoms. The Bertz CT molecular complexity index is 878. The van der Waals surface area contributed by atoms with Gasteiger partial charge in [-0.1, -0.05) is 131 Å². The van der Waals surface area contributed by atoms with Crippen molar-refractivity contribution >= 4 is 19.9 Å². The molecule has 0 aromatic heterocycles. The van der Waals surface area contributed by atoms with Crippen LogP contribution in [0.25, 0.3) is 11.1 Å². The van der Waals surface area contributed by atoms with Crippen LogP contribution < -0.4 is 10.4 Å². The third-order valence-electron chi connectivity index (χ3n) is 4.78. The number of hydrogen-bond donors (Lipinski definition) is 0. The van der Waals surface area contributed by atoms with Crippen molar-refractivity contribution < 1.29 is 0 Å². The molecule has 134 valence electrons. The summed E-state index contributed by atoms with van der Waals surface area (Å²) in [5, 5.41) is 3.12. The predicted molar refractivity (Wildman–Crippen MR) is 122 cm³/mol. The van der Waals surface area contributed by atoms with Gasteiger partial charge in [-0.25, -0.2) is 0 Å². The van der Waals surface area contributed by atoms with Gasteiger partial charge >= 0.3 is 0 Å². The fourth-order valence-corrected chi connectivity index (χ4v) is 4.79. The van der Waals surface area contributed by atoms with Crippen LogP contribution in [-0.4, -0.2) is 9.52 Å². The molecule has 0 aliphatic rings. The topological polar surface area (TPSA) is 0 Å². The second kappa shape index (κ2) is 9.70. The first-order chi connectivity index (χ1) is 13.2. The van der Waals surface area contributed by atoms with Gasteiger partial charge in [0.05, 0.1) is 9.52 Å². The molecule has 1 heteroatoms. The van der Waals surface area contributed by atoms with Gasteiger partial charge in [0, 0.05) is 0 Å². The normalized spacial score (nSPS) is 10.0. The lowest BCUT2D eigenvalue weighted by Gasteiger charge is -2.07. The molecule has 0 amide bonds. The van der Waals surface area contributed by atoms with E-state index in [9.17, 15) is 0 Å². The number of rotatable bonds is 3. The van der Waals surface area contributed by atoms with Crippen LogP contribution in [0.3, 0.4) is 0 Å². The highest BCUT2D eigenvalue weighted by atomic mass is 28.2. The molecule has 27 heavy (non-hydrogen) atoms. The molecular weight excluding hydrogens is 340 g/mol. The summed E-state index contributed by atoms with van der Waals surface area (Å²) in [4.78, 5) is 0. The van der Waals surface area contributed by atoms with Crippen molar-refractivity contribution in [1.82, 2.24) is 0 Å². The Balaban J connectivity index is 0.000000159. The van der Waals surface area contributed by atoms with Crippen LogP contribution in [0.4, 0.5) is 0 Å². The van der Waals surface area contributed by atoms with E-state index in [1.165, 1.54) is 22.3 Å². The van der Waals surface area contributed by atoms with Crippen molar-refractivity contribution in [1.29, 1.82) is 0 Å². The van der Waals surface area contributed by atoms with Crippen LogP contribution >= 0.6 is 0 Å². The molecule has 0 radical (unpaired) electrons. The molecule has 0 bridgehead atoms. The third kappa shape index (κ3) is 5.53. The second-order valence-corrected chi connectivity index (χ2v) is 8.64. The third-order valence-corrected chi connectivity index (χ3v) is 7.13. The molecule has 0 saturated heterocycles. The van der Waals surface area contributed by atoms with E-state index < -0.39 is 0 Å². The molecular formula is C26H26Si. The summed E-state index contributed by atoms with van der Waals surface area (Å²) in [7, 11) is -0.292. The Morgan fingerprint density at radius 3 is 1.11 bits per heavy atom. The fourth-order valence-electron chi connectivity index (χ4n) is 3.08. The van der Waals surface area contributed by atoms with Crippen molar-refractivity contribution in [2.75, 3.05) is 0 Å². The summed E-state index contributed by atoms with van der Waals surface area (Å²) >= 11 is 0. The van der Waals surface area contributed by atoms with E-state index in [1.54, 1.807) is 10.4 Å². The van der Waals surface area contributed by atoms with E-state index in [0.29, 0.717) is 0 Å². The van der Waals surface area contributed by atoms with Gasteiger partial charge in [0.15, 0.2) is 0 Å². The summed E-state index contributed by atoms with van der Waals surface area (Å²) in [5.74, 6) is 0. The Kier molecular flexibility index (Phi) is 6.78. The Hall–Kier alpha value is -2.90. The first kappa shape index (κ1) is 18.9. The standard InChI is InChI=1S/C14H16Si.C12H10/c1-11-7-3-5-9-13(11)15-14-10-6-4-8-12(14)2;1-3-7-11(8-4-1)12-9-5-2-6-10-12/h3-10H,15H2,1-2H3;1-10H. The number of benzene rings is 4. The highest BCUT2D eigenvalue weighted by molar-refractivity contribution is 6.68. The van der Waals surface area contributed by atoms with Crippen LogP contribution in [0, 0.1) is 13.8 Å². The predicted octanol–water partition coefficient (Wildman–Crippen LogP) is 4.78. The zero-order valence-corrected chi connectivity index (χ0v) is 17.5. The largest absolute Gasteiger partial charge is 0.0882 e. The minimum Gasteiger partial charge on any atom is -0.0630 e. The highest BCUT2D eigenvalue weighted by Crippen LogP contribution is 2.17. The van der Waals surface area contributed by atoms with Crippen molar-refractivity contribution in [2.24, 2.45) is 0 Å². The van der Waals surface area contributed by atoms with E-state index in [1.807, 2.05) is 12.1 Å². The van der Waals surface area contributed by atoms with Crippen LogP contribution in [0.5, 0.6) is 0 Å². The maximum atomic E-state index is 2.27. The SMILES string of the molecule is Cc1ccccc1[SiH2]c1ccccc1C.c1ccc(-c2ccccc2)cc1. The lowest BCUT2D eigenvalue weighted by atomic mass is 10.1. The average molecular weight is 367 g/mol. The second-order valence-electron chi connectivity index (χ2n) is 6.76. The van der Waals surface area contributed by atoms with E-state index in [4.69, 9.17) is 0 Å². The van der Waals surface area contributed by atoms with Gasteiger partial charge in [-0.05, 0) is 25.0 Å². The van der Waals surface area contributed by atoms with Gasteiger partial charge in [0.2, 0.25) is 0 Å². The fraction of sp³-hybridized carbons (Fsp3) is 0.0769. The molecule has 0 N–H and O–H groups in total. The zero-order valence-electron chi connectivity index (χ0n) is 16.1. The summed E-state index contributed by atoms with van der Waals surface area (Å²) in [5.41, 5.74) is 5.43. The van der Waals surface area contributed by atoms with E-state index >= 15 is 0 Å². The van der Waals surface area contributed by atoms with Gasteiger partial charge in [-0.2, -0.15) is 0 Å². The molecule has 0 fully saturated rings. The van der Waals surface area contributed by atoms with Crippen molar-refractivity contribution in [3.8, 4) is 11.1 Å². The minimum atomic E-state index is -0.292. The molecule has 4 aromatic rings. The van der Waals surface area contributed by atoms with Crippen LogP contribution in [-0.2, 0) is 0 Å². The smallest absolute Gasteiger partial charge is 0.0630 e. The van der Waals surface area contributed by atoms with E-state index in [2.05, 4.69) is 111 Å². The van der Waals surface area contributed by atoms with Crippen LogP contribution in [0.15, 0.2) is 109 Å². The zero-order chi connectivity index (χ0) is 18.9.